The van der Waals surface area contributed by atoms with E-state index in [-0.39, 0.29) is 0 Å². The number of nitrogens with zero attached hydrogens (tertiary/aromatic N) is 4. The number of nitrogen functional groups attached to an aromatic ring is 1. The fourth-order valence-corrected chi connectivity index (χ4v) is 4.99. The third-order valence-electron chi connectivity index (χ3n) is 6.03. The summed E-state index contributed by atoms with van der Waals surface area (Å²) < 4.78 is 13.4. The molecule has 4 aromatic rings. The first kappa shape index (κ1) is 24.7. The maximum absolute atomic E-state index is 10.8. The van der Waals surface area contributed by atoms with Gasteiger partial charge in [-0.05, 0) is 54.0 Å². The molecule has 1 aliphatic rings. The van der Waals surface area contributed by atoms with E-state index >= 15 is 0 Å². The van der Waals surface area contributed by atoms with E-state index in [0.29, 0.717) is 50.7 Å². The van der Waals surface area contributed by atoms with E-state index in [4.69, 9.17) is 38.4 Å². The van der Waals surface area contributed by atoms with Gasteiger partial charge in [0, 0.05) is 29.9 Å². The molecular weight excluding hydrogens is 513 g/mol. The van der Waals surface area contributed by atoms with Gasteiger partial charge in [0.05, 0.1) is 17.8 Å². The summed E-state index contributed by atoms with van der Waals surface area (Å²) >= 11 is 13.2. The van der Waals surface area contributed by atoms with Crippen LogP contribution in [0.25, 0.3) is 22.2 Å². The van der Waals surface area contributed by atoms with E-state index in [0.717, 1.165) is 36.1 Å². The summed E-state index contributed by atoms with van der Waals surface area (Å²) in [5.74, 6) is 1.91. The van der Waals surface area contributed by atoms with E-state index in [1.165, 1.54) is 12.4 Å². The van der Waals surface area contributed by atoms with Crippen molar-refractivity contribution in [2.24, 2.45) is 0 Å². The highest BCUT2D eigenvalue weighted by Crippen LogP contribution is 2.44. The Hall–Kier alpha value is -4.01. The summed E-state index contributed by atoms with van der Waals surface area (Å²) in [7, 11) is 1.57. The Morgan fingerprint density at radius 1 is 1.14 bits per heavy atom. The molecule has 0 aliphatic carbocycles. The third kappa shape index (κ3) is 4.85. The number of aldehydes is 1. The van der Waals surface area contributed by atoms with Crippen LogP contribution in [-0.4, -0.2) is 46.0 Å². The van der Waals surface area contributed by atoms with Crippen LogP contribution in [0.2, 0.25) is 10.0 Å². The first-order valence-corrected chi connectivity index (χ1v) is 12.2. The van der Waals surface area contributed by atoms with Crippen LogP contribution in [0, 0.1) is 0 Å². The number of ether oxygens (including phenoxy) is 2. The Balaban J connectivity index is 1.61. The molecule has 5 rings (SSSR count). The highest BCUT2D eigenvalue weighted by molar-refractivity contribution is 6.36. The average molecular weight is 536 g/mol. The normalized spacial score (nSPS) is 13.7. The maximum Gasteiger partial charge on any atom is 0.169 e. The molecular formula is C27H23Cl2N5O3. The van der Waals surface area contributed by atoms with Crippen molar-refractivity contribution >= 4 is 46.4 Å². The van der Waals surface area contributed by atoms with E-state index < -0.39 is 0 Å². The van der Waals surface area contributed by atoms with Gasteiger partial charge in [0.2, 0.25) is 0 Å². The smallest absolute Gasteiger partial charge is 0.169 e. The summed E-state index contributed by atoms with van der Waals surface area (Å²) in [6.45, 7) is 1.36. The first-order chi connectivity index (χ1) is 18.0. The number of fused-ring (bicyclic) bond motifs is 1. The topological polar surface area (TPSA) is 95.0 Å². The lowest BCUT2D eigenvalue weighted by Crippen LogP contribution is -2.25. The van der Waals surface area contributed by atoms with Crippen LogP contribution in [0.1, 0.15) is 12.1 Å². The molecule has 0 radical (unpaired) electrons. The third-order valence-corrected chi connectivity index (χ3v) is 6.63. The van der Waals surface area contributed by atoms with Gasteiger partial charge in [0.1, 0.15) is 23.9 Å². The van der Waals surface area contributed by atoms with Crippen LogP contribution < -0.4 is 15.2 Å². The van der Waals surface area contributed by atoms with Crippen molar-refractivity contribution < 1.29 is 14.3 Å². The summed E-state index contributed by atoms with van der Waals surface area (Å²) in [5.41, 5.74) is 10.1. The maximum atomic E-state index is 10.8. The minimum atomic E-state index is 0.297. The number of rotatable bonds is 7. The molecule has 0 fully saturated rings. The molecule has 0 amide bonds. The van der Waals surface area contributed by atoms with Crippen LogP contribution in [-0.2, 0) is 4.79 Å². The van der Waals surface area contributed by atoms with E-state index in [9.17, 15) is 4.79 Å². The molecule has 37 heavy (non-hydrogen) atoms. The van der Waals surface area contributed by atoms with Crippen LogP contribution in [0.3, 0.4) is 0 Å². The second-order valence-corrected chi connectivity index (χ2v) is 9.15. The van der Waals surface area contributed by atoms with Crippen LogP contribution in [0.5, 0.6) is 17.2 Å². The summed E-state index contributed by atoms with van der Waals surface area (Å²) in [6.07, 6.45) is 8.34. The minimum absolute atomic E-state index is 0.297. The van der Waals surface area contributed by atoms with E-state index in [1.807, 2.05) is 24.3 Å². The number of allylic oxidation sites excluding steroid dienone is 1. The largest absolute Gasteiger partial charge is 0.493 e. The highest BCUT2D eigenvalue weighted by Gasteiger charge is 2.26. The van der Waals surface area contributed by atoms with Crippen molar-refractivity contribution in [1.29, 1.82) is 0 Å². The molecule has 0 saturated heterocycles. The average Bonchev–Trinajstić information content (AvgIpc) is 3.21. The summed E-state index contributed by atoms with van der Waals surface area (Å²) in [5, 5.41) is 5.54. The van der Waals surface area contributed by atoms with Crippen molar-refractivity contribution in [1.82, 2.24) is 19.5 Å². The number of carbonyl (C=O) groups excluding carboxylic acids is 1. The second-order valence-electron chi connectivity index (χ2n) is 8.33. The number of hydrogen-bond acceptors (Lipinski definition) is 7. The zero-order valence-corrected chi connectivity index (χ0v) is 21.4. The first-order valence-electron chi connectivity index (χ1n) is 11.5. The summed E-state index contributed by atoms with van der Waals surface area (Å²) in [6, 6.07) is 12.7. The number of carbonyl (C=O) groups is 1. The predicted molar refractivity (Wildman–Crippen MR) is 145 cm³/mol. The summed E-state index contributed by atoms with van der Waals surface area (Å²) in [4.78, 5) is 17.1. The van der Waals surface area contributed by atoms with E-state index in [2.05, 4.69) is 21.1 Å². The monoisotopic (exact) mass is 535 g/mol. The zero-order chi connectivity index (χ0) is 25.9. The molecule has 0 spiro atoms. The predicted octanol–water partition coefficient (Wildman–Crippen LogP) is 5.89. The minimum Gasteiger partial charge on any atom is -0.493 e. The molecule has 10 heteroatoms. The number of benzene rings is 2. The molecule has 0 saturated carbocycles. The van der Waals surface area contributed by atoms with Crippen LogP contribution in [0.4, 0.5) is 5.82 Å². The Bertz CT molecular complexity index is 1550. The van der Waals surface area contributed by atoms with Crippen molar-refractivity contribution in [3.05, 3.63) is 82.9 Å². The second kappa shape index (κ2) is 10.5. The Morgan fingerprint density at radius 3 is 2.78 bits per heavy atom. The van der Waals surface area contributed by atoms with E-state index in [1.54, 1.807) is 36.0 Å². The van der Waals surface area contributed by atoms with Gasteiger partial charge in [-0.2, -0.15) is 5.10 Å². The highest BCUT2D eigenvalue weighted by atomic mass is 35.5. The number of nitrogens with two attached hydrogens (primary N) is 1. The van der Waals surface area contributed by atoms with Gasteiger partial charge in [-0.25, -0.2) is 9.50 Å². The standard InChI is InChI=1S/C27H23Cl2N5O3/c1-36-22-13-17(8-9-21(22)37-20-7-2-6-19(28)14-20)23-24(29)25(34-26(23)27(30)31-16-32-34)18-5-3-10-33(15-18)11-4-12-35/h2,4-9,11-14,16H,3,10,15H2,1H3,(H2,30,31,32). The molecule has 2 aromatic carbocycles. The van der Waals surface area contributed by atoms with Crippen molar-refractivity contribution in [2.45, 2.75) is 6.42 Å². The van der Waals surface area contributed by atoms with Gasteiger partial charge < -0.3 is 20.1 Å². The molecule has 8 nitrogen and oxygen atoms in total. The fourth-order valence-electron chi connectivity index (χ4n) is 4.41. The number of halogens is 2. The van der Waals surface area contributed by atoms with Crippen LogP contribution in [0.15, 0.2) is 67.1 Å². The van der Waals surface area contributed by atoms with Crippen molar-refractivity contribution in [2.75, 3.05) is 25.9 Å². The zero-order valence-electron chi connectivity index (χ0n) is 19.9. The molecule has 2 aromatic heterocycles. The number of methoxy groups -OCH3 is 1. The van der Waals surface area contributed by atoms with Gasteiger partial charge in [-0.3, -0.25) is 4.79 Å². The number of hydrogen-bond donors (Lipinski definition) is 1. The lowest BCUT2D eigenvalue weighted by atomic mass is 10.0. The van der Waals surface area contributed by atoms with Gasteiger partial charge >= 0.3 is 0 Å². The Morgan fingerprint density at radius 2 is 2.00 bits per heavy atom. The lowest BCUT2D eigenvalue weighted by molar-refractivity contribution is -0.104. The molecule has 1 aliphatic heterocycles. The van der Waals surface area contributed by atoms with Gasteiger partial charge in [-0.15, -0.1) is 0 Å². The number of anilines is 1. The molecule has 0 bridgehead atoms. The molecule has 2 N–H and O–H groups in total. The van der Waals surface area contributed by atoms with Crippen molar-refractivity contribution in [3.63, 3.8) is 0 Å². The Kier molecular flexibility index (Phi) is 7.03. The molecule has 3 heterocycles. The molecule has 188 valence electrons. The van der Waals surface area contributed by atoms with Gasteiger partial charge in [0.15, 0.2) is 17.3 Å². The molecule has 0 unspecified atom stereocenters. The Labute approximate surface area is 223 Å². The van der Waals surface area contributed by atoms with Crippen molar-refractivity contribution in [3.8, 4) is 28.4 Å². The quantitative estimate of drug-likeness (QED) is 0.233. The fraction of sp³-hybridized carbons (Fsp3) is 0.148. The molecule has 0 atom stereocenters. The lowest BCUT2D eigenvalue weighted by Gasteiger charge is -2.25. The van der Waals surface area contributed by atoms with Gasteiger partial charge in [-0.1, -0.05) is 41.4 Å². The van der Waals surface area contributed by atoms with Crippen LogP contribution >= 0.6 is 23.2 Å². The SMILES string of the molecule is COc1cc(-c2c(Cl)c(C3=CCCN(C=CC=O)C3)n3ncnc(N)c23)ccc1Oc1cccc(Cl)c1. The van der Waals surface area contributed by atoms with Gasteiger partial charge in [0.25, 0.3) is 0 Å². The number of aromatic nitrogens is 3.